The van der Waals surface area contributed by atoms with Gasteiger partial charge in [0, 0.05) is 46.3 Å². The van der Waals surface area contributed by atoms with E-state index in [0.29, 0.717) is 28.3 Å². The highest BCUT2D eigenvalue weighted by molar-refractivity contribution is 7.93. The Morgan fingerprint density at radius 2 is 1.68 bits per heavy atom. The van der Waals surface area contributed by atoms with Crippen LogP contribution in [-0.4, -0.2) is 32.5 Å². The highest BCUT2D eigenvalue weighted by Gasteiger charge is 2.14. The molecule has 0 saturated carbocycles. The van der Waals surface area contributed by atoms with Gasteiger partial charge in [0.15, 0.2) is 0 Å². The molecule has 2 amide bonds. The maximum absolute atomic E-state index is 13.4. The van der Waals surface area contributed by atoms with Crippen LogP contribution in [-0.2, 0) is 9.73 Å². The Hall–Kier alpha value is -3.54. The van der Waals surface area contributed by atoms with Crippen molar-refractivity contribution in [3.63, 3.8) is 0 Å². The predicted molar refractivity (Wildman–Crippen MR) is 150 cm³/mol. The molecule has 0 aliphatic carbocycles. The van der Waals surface area contributed by atoms with E-state index in [2.05, 4.69) is 26.5 Å². The largest absolute Gasteiger partial charge is 0.322 e. The topological polar surface area (TPSA) is 88.5 Å². The molecule has 198 valence electrons. The van der Waals surface area contributed by atoms with Gasteiger partial charge in [0.25, 0.3) is 11.8 Å². The van der Waals surface area contributed by atoms with Crippen LogP contribution in [0.1, 0.15) is 71.4 Å². The molecule has 0 bridgehead atoms. The smallest absolute Gasteiger partial charge is 0.286 e. The third kappa shape index (κ3) is 8.51. The minimum absolute atomic E-state index is 0.136. The fraction of sp³-hybridized carbons (Fsp3) is 0.276. The molecule has 3 rings (SSSR count). The summed E-state index contributed by atoms with van der Waals surface area (Å²) >= 11 is 5.77. The molecule has 0 aliphatic heterocycles. The van der Waals surface area contributed by atoms with Gasteiger partial charge in [0.05, 0.1) is 20.3 Å². The van der Waals surface area contributed by atoms with Crippen molar-refractivity contribution in [3.05, 3.63) is 94.0 Å². The average molecular weight is 554 g/mol. The van der Waals surface area contributed by atoms with Crippen molar-refractivity contribution in [2.75, 3.05) is 16.8 Å². The van der Waals surface area contributed by atoms with E-state index in [1.807, 2.05) is 13.8 Å². The van der Waals surface area contributed by atoms with E-state index in [4.69, 9.17) is 11.6 Å². The predicted octanol–water partition coefficient (Wildman–Crippen LogP) is 6.73. The van der Waals surface area contributed by atoms with Crippen LogP contribution in [0.3, 0.4) is 0 Å². The Morgan fingerprint density at radius 1 is 0.974 bits per heavy atom. The molecule has 1 aromatic heterocycles. The third-order valence-corrected chi connectivity index (χ3v) is 8.16. The summed E-state index contributed by atoms with van der Waals surface area (Å²) in [5.74, 6) is 5.17. The number of hydrogen-bond acceptors (Lipinski definition) is 4. The molecule has 9 heteroatoms. The normalized spacial score (nSPS) is 10.8. The van der Waals surface area contributed by atoms with Gasteiger partial charge in [0.2, 0.25) is 0 Å². The van der Waals surface area contributed by atoms with E-state index >= 15 is 0 Å². The van der Waals surface area contributed by atoms with Crippen molar-refractivity contribution in [1.82, 2.24) is 4.98 Å². The average Bonchev–Trinajstić information content (AvgIpc) is 2.91. The van der Waals surface area contributed by atoms with Gasteiger partial charge in [-0.3, -0.25) is 14.6 Å². The summed E-state index contributed by atoms with van der Waals surface area (Å²) in [6.45, 7) is 4.03. The number of unbranched alkanes of at least 4 members (excludes halogenated alkanes) is 2. The van der Waals surface area contributed by atoms with Gasteiger partial charge in [-0.05, 0) is 55.3 Å². The van der Waals surface area contributed by atoms with Crippen molar-refractivity contribution in [1.29, 1.82) is 0 Å². The van der Waals surface area contributed by atoms with E-state index < -0.39 is 27.4 Å². The molecule has 3 aromatic rings. The van der Waals surface area contributed by atoms with Gasteiger partial charge in [-0.1, -0.05) is 56.2 Å². The zero-order valence-corrected chi connectivity index (χ0v) is 22.9. The molecule has 1 heterocycles. The summed E-state index contributed by atoms with van der Waals surface area (Å²) in [5, 5.41) is 2.60. The standard InChI is InChI=1S/C29H29ClFN3O3S/c1-3-5-14-38(37,15-6-4-2)34-29(36)24-16-22(19-32-20-24)11-10-21-8-7-9-25(17-21)33-28(35)23-12-13-27(31)26(30)18-23/h7-9,12-13,16-20H,3-6,14-15H2,1-2H3,(H,33,35). The Bertz CT molecular complexity index is 1490. The number of anilines is 1. The number of pyridine rings is 1. The number of hydrogen-bond donors (Lipinski definition) is 1. The molecule has 0 saturated heterocycles. The van der Waals surface area contributed by atoms with Gasteiger partial charge in [0.1, 0.15) is 5.82 Å². The molecule has 2 aromatic carbocycles. The summed E-state index contributed by atoms with van der Waals surface area (Å²) in [5.41, 5.74) is 2.06. The van der Waals surface area contributed by atoms with Gasteiger partial charge in [-0.25, -0.2) is 8.60 Å². The SMILES string of the molecule is CCCCS(=O)(CCCC)=NC(=O)c1cncc(C#Cc2cccc(NC(=O)c3ccc(F)c(Cl)c3)c2)c1. The molecule has 0 atom stereocenters. The second kappa shape index (κ2) is 13.8. The summed E-state index contributed by atoms with van der Waals surface area (Å²) in [6.07, 6.45) is 6.18. The first-order chi connectivity index (χ1) is 18.2. The lowest BCUT2D eigenvalue weighted by molar-refractivity contribution is 0.100. The lowest BCUT2D eigenvalue weighted by atomic mass is 10.1. The van der Waals surface area contributed by atoms with Gasteiger partial charge in [-0.2, -0.15) is 4.36 Å². The van der Waals surface area contributed by atoms with Crippen LogP contribution < -0.4 is 5.32 Å². The first-order valence-electron chi connectivity index (χ1n) is 12.3. The quantitative estimate of drug-likeness (QED) is 0.297. The first kappa shape index (κ1) is 29.0. The molecule has 6 nitrogen and oxygen atoms in total. The second-order valence-electron chi connectivity index (χ2n) is 8.66. The van der Waals surface area contributed by atoms with Crippen molar-refractivity contribution in [2.24, 2.45) is 4.36 Å². The minimum Gasteiger partial charge on any atom is -0.322 e. The summed E-state index contributed by atoms with van der Waals surface area (Å²) in [6, 6.07) is 12.2. The third-order valence-electron chi connectivity index (χ3n) is 5.52. The lowest BCUT2D eigenvalue weighted by Gasteiger charge is -2.08. The van der Waals surface area contributed by atoms with Crippen LogP contribution in [0.15, 0.2) is 65.3 Å². The van der Waals surface area contributed by atoms with Crippen LogP contribution in [0.2, 0.25) is 5.02 Å². The number of amides is 2. The molecule has 0 aliphatic rings. The van der Waals surface area contributed by atoms with E-state index in [-0.39, 0.29) is 16.1 Å². The number of halogens is 2. The number of rotatable bonds is 9. The number of carbonyl (C=O) groups is 2. The Labute approximate surface area is 228 Å². The van der Waals surface area contributed by atoms with Gasteiger partial charge in [-0.15, -0.1) is 0 Å². The van der Waals surface area contributed by atoms with E-state index in [0.717, 1.165) is 31.7 Å². The van der Waals surface area contributed by atoms with Crippen LogP contribution in [0.5, 0.6) is 0 Å². The number of nitrogens with one attached hydrogen (secondary N) is 1. The van der Waals surface area contributed by atoms with Crippen LogP contribution in [0, 0.1) is 17.7 Å². The van der Waals surface area contributed by atoms with E-state index in [9.17, 15) is 18.2 Å². The van der Waals surface area contributed by atoms with Crippen LogP contribution in [0.25, 0.3) is 0 Å². The molecule has 0 spiro atoms. The maximum atomic E-state index is 13.4. The maximum Gasteiger partial charge on any atom is 0.286 e. The van der Waals surface area contributed by atoms with Crippen molar-refractivity contribution in [2.45, 2.75) is 39.5 Å². The first-order valence-corrected chi connectivity index (χ1v) is 14.6. The molecule has 0 radical (unpaired) electrons. The molecular formula is C29H29ClFN3O3S. The highest BCUT2D eigenvalue weighted by Crippen LogP contribution is 2.18. The number of carbonyl (C=O) groups excluding carboxylic acids is 2. The Kier molecular flexibility index (Phi) is 10.6. The molecular weight excluding hydrogens is 525 g/mol. The van der Waals surface area contributed by atoms with Gasteiger partial charge < -0.3 is 5.32 Å². The van der Waals surface area contributed by atoms with Crippen LogP contribution in [0.4, 0.5) is 10.1 Å². The van der Waals surface area contributed by atoms with E-state index in [1.165, 1.54) is 24.5 Å². The van der Waals surface area contributed by atoms with Gasteiger partial charge >= 0.3 is 0 Å². The zero-order valence-electron chi connectivity index (χ0n) is 21.3. The van der Waals surface area contributed by atoms with E-state index in [1.54, 1.807) is 30.3 Å². The summed E-state index contributed by atoms with van der Waals surface area (Å²) in [7, 11) is -2.62. The molecule has 38 heavy (non-hydrogen) atoms. The van der Waals surface area contributed by atoms with Crippen molar-refractivity contribution in [3.8, 4) is 11.8 Å². The molecule has 0 fully saturated rings. The van der Waals surface area contributed by atoms with Crippen molar-refractivity contribution >= 4 is 38.8 Å². The van der Waals surface area contributed by atoms with Crippen LogP contribution >= 0.6 is 11.6 Å². The fourth-order valence-electron chi connectivity index (χ4n) is 3.42. The monoisotopic (exact) mass is 553 g/mol. The van der Waals surface area contributed by atoms with Crippen molar-refractivity contribution < 1.29 is 18.2 Å². The number of nitrogens with zero attached hydrogens (tertiary/aromatic N) is 2. The fourth-order valence-corrected chi connectivity index (χ4v) is 5.88. The lowest BCUT2D eigenvalue weighted by Crippen LogP contribution is -2.14. The number of benzene rings is 2. The Balaban J connectivity index is 1.77. The second-order valence-corrected chi connectivity index (χ2v) is 11.6. The highest BCUT2D eigenvalue weighted by atomic mass is 35.5. The Morgan fingerprint density at radius 3 is 2.37 bits per heavy atom. The number of aromatic nitrogens is 1. The molecule has 0 unspecified atom stereocenters. The summed E-state index contributed by atoms with van der Waals surface area (Å²) in [4.78, 5) is 29.4. The summed E-state index contributed by atoms with van der Waals surface area (Å²) < 4.78 is 30.7. The zero-order chi connectivity index (χ0) is 27.5. The molecule has 1 N–H and O–H groups in total. The minimum atomic E-state index is -2.62.